The Kier molecular flexibility index (Phi) is 9.93. The summed E-state index contributed by atoms with van der Waals surface area (Å²) in [6.07, 6.45) is 1.53. The van der Waals surface area contributed by atoms with Gasteiger partial charge in [0.05, 0.1) is 18.3 Å². The molecule has 0 saturated carbocycles. The molecule has 0 aromatic heterocycles. The minimum atomic E-state index is -3.79. The van der Waals surface area contributed by atoms with Crippen LogP contribution in [0.25, 0.3) is 0 Å². The van der Waals surface area contributed by atoms with Gasteiger partial charge in [0.25, 0.3) is 5.91 Å². The van der Waals surface area contributed by atoms with Gasteiger partial charge in [-0.3, -0.25) is 19.2 Å². The summed E-state index contributed by atoms with van der Waals surface area (Å²) in [6.45, 7) is 1.51. The van der Waals surface area contributed by atoms with Gasteiger partial charge < -0.3 is 15.5 Å². The first-order chi connectivity index (χ1) is 17.6. The Bertz CT molecular complexity index is 1200. The van der Waals surface area contributed by atoms with E-state index in [9.17, 15) is 27.6 Å². The first kappa shape index (κ1) is 28.0. The molecule has 1 aliphatic rings. The van der Waals surface area contributed by atoms with Crippen molar-refractivity contribution in [1.82, 2.24) is 20.3 Å². The van der Waals surface area contributed by atoms with Crippen molar-refractivity contribution >= 4 is 33.5 Å². The molecule has 0 aliphatic carbocycles. The molecule has 1 unspecified atom stereocenters. The summed E-state index contributed by atoms with van der Waals surface area (Å²) in [7, 11) is -3.79. The number of benzene rings is 2. The monoisotopic (exact) mass is 528 g/mol. The van der Waals surface area contributed by atoms with Crippen LogP contribution in [-0.2, 0) is 41.5 Å². The van der Waals surface area contributed by atoms with Crippen molar-refractivity contribution in [2.24, 2.45) is 0 Å². The molecule has 2 atom stereocenters. The summed E-state index contributed by atoms with van der Waals surface area (Å²) in [4.78, 5) is 51.5. The second kappa shape index (κ2) is 13.1. The van der Waals surface area contributed by atoms with Crippen molar-refractivity contribution in [3.63, 3.8) is 0 Å². The number of likely N-dealkylation sites (tertiary alicyclic amines) is 1. The van der Waals surface area contributed by atoms with Crippen molar-refractivity contribution in [2.45, 2.75) is 50.6 Å². The SMILES string of the molecule is C[C@H](NC(=O)CN1CCCCC(NS(=O)(=O)Cc2ccccc2)C1=O)C(=O)C(=O)NCc1ccccc1. The average Bonchev–Trinajstić information content (AvgIpc) is 3.03. The Balaban J connectivity index is 1.52. The van der Waals surface area contributed by atoms with Gasteiger partial charge in [0.1, 0.15) is 6.04 Å². The minimum Gasteiger partial charge on any atom is -0.345 e. The van der Waals surface area contributed by atoms with Crippen LogP contribution in [0.2, 0.25) is 0 Å². The van der Waals surface area contributed by atoms with Crippen LogP contribution in [0.4, 0.5) is 0 Å². The third kappa shape index (κ3) is 8.80. The van der Waals surface area contributed by atoms with E-state index in [2.05, 4.69) is 15.4 Å². The summed E-state index contributed by atoms with van der Waals surface area (Å²) in [5.74, 6) is -3.00. The van der Waals surface area contributed by atoms with Gasteiger partial charge in [-0.05, 0) is 37.3 Å². The lowest BCUT2D eigenvalue weighted by molar-refractivity contribution is -0.141. The maximum atomic E-state index is 13.0. The van der Waals surface area contributed by atoms with Gasteiger partial charge in [-0.1, -0.05) is 60.7 Å². The lowest BCUT2D eigenvalue weighted by Crippen LogP contribution is -2.52. The fraction of sp³-hybridized carbons (Fsp3) is 0.385. The van der Waals surface area contributed by atoms with Crippen LogP contribution in [0.3, 0.4) is 0 Å². The van der Waals surface area contributed by atoms with Crippen LogP contribution in [-0.4, -0.2) is 62.0 Å². The van der Waals surface area contributed by atoms with E-state index >= 15 is 0 Å². The molecule has 1 saturated heterocycles. The maximum Gasteiger partial charge on any atom is 0.289 e. The Morgan fingerprint density at radius 1 is 0.973 bits per heavy atom. The lowest BCUT2D eigenvalue weighted by Gasteiger charge is -2.25. The third-order valence-electron chi connectivity index (χ3n) is 5.93. The summed E-state index contributed by atoms with van der Waals surface area (Å²) in [5.41, 5.74) is 1.42. The van der Waals surface area contributed by atoms with E-state index in [1.165, 1.54) is 11.8 Å². The maximum absolute atomic E-state index is 13.0. The van der Waals surface area contributed by atoms with Gasteiger partial charge >= 0.3 is 0 Å². The Labute approximate surface area is 216 Å². The van der Waals surface area contributed by atoms with Crippen molar-refractivity contribution < 1.29 is 27.6 Å². The molecule has 1 fully saturated rings. The van der Waals surface area contributed by atoms with Gasteiger partial charge in [0, 0.05) is 13.1 Å². The van der Waals surface area contributed by atoms with Crippen molar-refractivity contribution in [2.75, 3.05) is 13.1 Å². The van der Waals surface area contributed by atoms with Gasteiger partial charge in [-0.25, -0.2) is 13.1 Å². The highest BCUT2D eigenvalue weighted by molar-refractivity contribution is 7.88. The highest BCUT2D eigenvalue weighted by atomic mass is 32.2. The fourth-order valence-electron chi connectivity index (χ4n) is 4.01. The predicted molar refractivity (Wildman–Crippen MR) is 137 cm³/mol. The van der Waals surface area contributed by atoms with Gasteiger partial charge in [0.2, 0.25) is 27.6 Å². The molecule has 198 valence electrons. The largest absolute Gasteiger partial charge is 0.345 e. The molecule has 0 spiro atoms. The molecule has 2 aromatic carbocycles. The number of rotatable bonds is 11. The molecule has 10 nitrogen and oxygen atoms in total. The molecule has 0 bridgehead atoms. The van der Waals surface area contributed by atoms with E-state index < -0.39 is 45.6 Å². The van der Waals surface area contributed by atoms with Crippen LogP contribution in [0.1, 0.15) is 37.3 Å². The van der Waals surface area contributed by atoms with E-state index in [1.807, 2.05) is 30.3 Å². The summed E-state index contributed by atoms with van der Waals surface area (Å²) in [5, 5.41) is 4.99. The smallest absolute Gasteiger partial charge is 0.289 e. The minimum absolute atomic E-state index is 0.177. The molecular weight excluding hydrogens is 496 g/mol. The second-order valence-electron chi connectivity index (χ2n) is 8.99. The van der Waals surface area contributed by atoms with Crippen LogP contribution in [0.15, 0.2) is 60.7 Å². The van der Waals surface area contributed by atoms with Crippen molar-refractivity contribution in [3.05, 3.63) is 71.8 Å². The molecule has 11 heteroatoms. The number of hydrogen-bond donors (Lipinski definition) is 3. The summed E-state index contributed by atoms with van der Waals surface area (Å²) >= 11 is 0. The second-order valence-corrected chi connectivity index (χ2v) is 10.7. The Morgan fingerprint density at radius 3 is 2.24 bits per heavy atom. The lowest BCUT2D eigenvalue weighted by atomic mass is 10.1. The fourth-order valence-corrected chi connectivity index (χ4v) is 5.38. The zero-order valence-corrected chi connectivity index (χ0v) is 21.5. The zero-order valence-electron chi connectivity index (χ0n) is 20.7. The quantitative estimate of drug-likeness (QED) is 0.370. The number of hydrogen-bond acceptors (Lipinski definition) is 6. The summed E-state index contributed by atoms with van der Waals surface area (Å²) in [6, 6.07) is 15.7. The first-order valence-corrected chi connectivity index (χ1v) is 13.8. The number of carbonyl (C=O) groups is 4. The topological polar surface area (TPSA) is 142 Å². The van der Waals surface area contributed by atoms with E-state index in [1.54, 1.807) is 30.3 Å². The molecule has 3 amide bonds. The number of ketones is 1. The normalized spacial score (nSPS) is 16.9. The van der Waals surface area contributed by atoms with Gasteiger partial charge in [-0.15, -0.1) is 0 Å². The van der Waals surface area contributed by atoms with Crippen LogP contribution < -0.4 is 15.4 Å². The van der Waals surface area contributed by atoms with Crippen LogP contribution in [0, 0.1) is 0 Å². The number of carbonyl (C=O) groups excluding carboxylic acids is 4. The van der Waals surface area contributed by atoms with Gasteiger partial charge in [-0.2, -0.15) is 0 Å². The third-order valence-corrected chi connectivity index (χ3v) is 7.28. The van der Waals surface area contributed by atoms with E-state index in [0.29, 0.717) is 24.8 Å². The van der Waals surface area contributed by atoms with Gasteiger partial charge in [0.15, 0.2) is 0 Å². The first-order valence-electron chi connectivity index (χ1n) is 12.1. The number of Topliss-reactive ketones (excluding diaryl/α,β-unsaturated/α-hetero) is 1. The Hall–Kier alpha value is -3.57. The number of amides is 3. The molecule has 3 rings (SSSR count). The average molecular weight is 529 g/mol. The molecule has 1 heterocycles. The Morgan fingerprint density at radius 2 is 1.59 bits per heavy atom. The number of sulfonamides is 1. The highest BCUT2D eigenvalue weighted by Gasteiger charge is 2.32. The molecule has 1 aliphatic heterocycles. The number of nitrogens with zero attached hydrogens (tertiary/aromatic N) is 1. The molecule has 0 radical (unpaired) electrons. The van der Waals surface area contributed by atoms with Crippen molar-refractivity contribution in [1.29, 1.82) is 0 Å². The van der Waals surface area contributed by atoms with E-state index in [4.69, 9.17) is 0 Å². The highest BCUT2D eigenvalue weighted by Crippen LogP contribution is 2.14. The standard InChI is InChI=1S/C26H32N4O6S/c1-19(24(32)25(33)27-16-20-10-4-2-5-11-20)28-23(31)17-30-15-9-8-14-22(26(30)34)29-37(35,36)18-21-12-6-3-7-13-21/h2-7,10-13,19,22,29H,8-9,14-18H2,1H3,(H,27,33)(H,28,31)/t19-,22?/m0/s1. The van der Waals surface area contributed by atoms with Crippen molar-refractivity contribution in [3.8, 4) is 0 Å². The molecule has 37 heavy (non-hydrogen) atoms. The van der Waals surface area contributed by atoms with E-state index in [0.717, 1.165) is 5.56 Å². The van der Waals surface area contributed by atoms with Crippen LogP contribution in [0.5, 0.6) is 0 Å². The molecule has 2 aromatic rings. The van der Waals surface area contributed by atoms with E-state index in [-0.39, 0.29) is 25.4 Å². The summed E-state index contributed by atoms with van der Waals surface area (Å²) < 4.78 is 27.8. The zero-order chi connectivity index (χ0) is 26.8. The number of nitrogens with one attached hydrogen (secondary N) is 3. The predicted octanol–water partition coefficient (Wildman–Crippen LogP) is 0.877. The molecule has 3 N–H and O–H groups in total. The molecular formula is C26H32N4O6S. The van der Waals surface area contributed by atoms with Crippen LogP contribution >= 0.6 is 0 Å².